The minimum absolute atomic E-state index is 0.103. The predicted octanol–water partition coefficient (Wildman–Crippen LogP) is 3.98. The average Bonchev–Trinajstić information content (AvgIpc) is 3.12. The molecule has 8 nitrogen and oxygen atoms in total. The van der Waals surface area contributed by atoms with Crippen LogP contribution in [-0.4, -0.2) is 48.2 Å². The van der Waals surface area contributed by atoms with E-state index in [0.717, 1.165) is 19.3 Å². The Bertz CT molecular complexity index is 822. The summed E-state index contributed by atoms with van der Waals surface area (Å²) >= 11 is 0. The van der Waals surface area contributed by atoms with Gasteiger partial charge in [-0.15, -0.1) is 0 Å². The maximum absolute atomic E-state index is 12.5. The number of ketones is 1. The number of anilines is 1. The van der Waals surface area contributed by atoms with Crippen LogP contribution in [0.25, 0.3) is 0 Å². The summed E-state index contributed by atoms with van der Waals surface area (Å²) < 4.78 is 16.1. The number of nitrogens with zero attached hydrogens (tertiary/aromatic N) is 1. The Morgan fingerprint density at radius 3 is 2.37 bits per heavy atom. The van der Waals surface area contributed by atoms with E-state index in [2.05, 4.69) is 5.32 Å². The van der Waals surface area contributed by atoms with Gasteiger partial charge in [0.05, 0.1) is 5.69 Å². The average molecular weight is 418 g/mol. The van der Waals surface area contributed by atoms with Crippen molar-refractivity contribution in [2.45, 2.75) is 59.0 Å². The lowest BCUT2D eigenvalue weighted by Crippen LogP contribution is -2.41. The first-order chi connectivity index (χ1) is 14.1. The van der Waals surface area contributed by atoms with E-state index in [1.165, 1.54) is 6.92 Å². The highest BCUT2D eigenvalue weighted by Crippen LogP contribution is 2.37. The Hall–Kier alpha value is -2.77. The van der Waals surface area contributed by atoms with Gasteiger partial charge in [0.2, 0.25) is 12.7 Å². The van der Waals surface area contributed by atoms with Crippen molar-refractivity contribution in [1.29, 1.82) is 0 Å². The van der Waals surface area contributed by atoms with Crippen LogP contribution < -0.4 is 14.8 Å². The lowest BCUT2D eigenvalue weighted by atomic mass is 9.92. The first kappa shape index (κ1) is 21.9. The van der Waals surface area contributed by atoms with Gasteiger partial charge in [-0.05, 0) is 58.9 Å². The molecule has 2 aliphatic heterocycles. The van der Waals surface area contributed by atoms with Gasteiger partial charge in [-0.2, -0.15) is 0 Å². The minimum Gasteiger partial charge on any atom is -0.454 e. The Kier molecular flexibility index (Phi) is 6.53. The number of carbonyl (C=O) groups is 3. The topological polar surface area (TPSA) is 94.2 Å². The monoisotopic (exact) mass is 418 g/mol. The molecule has 0 radical (unpaired) electrons. The smallest absolute Gasteiger partial charge is 0.410 e. The molecule has 0 aliphatic carbocycles. The second-order valence-corrected chi connectivity index (χ2v) is 8.80. The molecule has 1 aromatic carbocycles. The molecule has 0 bridgehead atoms. The van der Waals surface area contributed by atoms with Crippen molar-refractivity contribution in [2.24, 2.45) is 5.92 Å². The highest BCUT2D eigenvalue weighted by atomic mass is 16.7. The first-order valence-electron chi connectivity index (χ1n) is 10.3. The van der Waals surface area contributed by atoms with Gasteiger partial charge in [0.25, 0.3) is 0 Å². The van der Waals surface area contributed by atoms with Crippen LogP contribution in [0.15, 0.2) is 12.1 Å². The fourth-order valence-corrected chi connectivity index (χ4v) is 3.62. The number of hydrogen-bond donors (Lipinski definition) is 1. The third-order valence-electron chi connectivity index (χ3n) is 5.21. The van der Waals surface area contributed by atoms with Crippen molar-refractivity contribution in [3.8, 4) is 11.5 Å². The van der Waals surface area contributed by atoms with E-state index in [-0.39, 0.29) is 24.6 Å². The summed E-state index contributed by atoms with van der Waals surface area (Å²) in [6.45, 7) is 8.39. The molecular formula is C22H30N2O6. The van der Waals surface area contributed by atoms with E-state index < -0.39 is 5.60 Å². The molecule has 1 saturated heterocycles. The summed E-state index contributed by atoms with van der Waals surface area (Å²) in [7, 11) is 0. The highest BCUT2D eigenvalue weighted by Gasteiger charge is 2.27. The maximum atomic E-state index is 12.5. The van der Waals surface area contributed by atoms with Crippen molar-refractivity contribution in [3.05, 3.63) is 17.7 Å². The Balaban J connectivity index is 1.48. The SMILES string of the molecule is CC(=O)c1cc2c(cc1NC(=O)CCC1CCN(C(=O)OC(C)(C)C)CC1)OCO2. The molecule has 2 heterocycles. The van der Waals surface area contributed by atoms with Crippen molar-refractivity contribution >= 4 is 23.5 Å². The third-order valence-corrected chi connectivity index (χ3v) is 5.21. The van der Waals surface area contributed by atoms with Crippen LogP contribution >= 0.6 is 0 Å². The second-order valence-electron chi connectivity index (χ2n) is 8.80. The number of carbonyl (C=O) groups excluding carboxylic acids is 3. The lowest BCUT2D eigenvalue weighted by molar-refractivity contribution is -0.116. The van der Waals surface area contributed by atoms with Crippen molar-refractivity contribution in [1.82, 2.24) is 4.90 Å². The van der Waals surface area contributed by atoms with Crippen LogP contribution in [0.3, 0.4) is 0 Å². The fourth-order valence-electron chi connectivity index (χ4n) is 3.62. The van der Waals surface area contributed by atoms with Crippen LogP contribution in [0.1, 0.15) is 63.7 Å². The molecule has 1 aromatic rings. The maximum Gasteiger partial charge on any atom is 0.410 e. The second kappa shape index (κ2) is 8.93. The molecule has 164 valence electrons. The van der Waals surface area contributed by atoms with Crippen LogP contribution in [0.4, 0.5) is 10.5 Å². The number of benzene rings is 1. The molecule has 1 fully saturated rings. The van der Waals surface area contributed by atoms with Gasteiger partial charge < -0.3 is 24.4 Å². The summed E-state index contributed by atoms with van der Waals surface area (Å²) in [4.78, 5) is 38.3. The zero-order valence-corrected chi connectivity index (χ0v) is 18.1. The van der Waals surface area contributed by atoms with Gasteiger partial charge >= 0.3 is 6.09 Å². The summed E-state index contributed by atoms with van der Waals surface area (Å²) in [5.74, 6) is 1.10. The summed E-state index contributed by atoms with van der Waals surface area (Å²) in [6.07, 6.45) is 2.49. The number of hydrogen-bond acceptors (Lipinski definition) is 6. The third kappa shape index (κ3) is 5.64. The van der Waals surface area contributed by atoms with Gasteiger partial charge in [0.15, 0.2) is 17.3 Å². The lowest BCUT2D eigenvalue weighted by Gasteiger charge is -2.33. The fraction of sp³-hybridized carbons (Fsp3) is 0.591. The molecule has 8 heteroatoms. The van der Waals surface area contributed by atoms with Gasteiger partial charge in [-0.3, -0.25) is 9.59 Å². The number of fused-ring (bicyclic) bond motifs is 1. The zero-order valence-electron chi connectivity index (χ0n) is 18.1. The molecule has 3 rings (SSSR count). The molecule has 2 amide bonds. The highest BCUT2D eigenvalue weighted by molar-refractivity contribution is 6.04. The largest absolute Gasteiger partial charge is 0.454 e. The number of Topliss-reactive ketones (excluding diaryl/α,β-unsaturated/α-hetero) is 1. The predicted molar refractivity (Wildman–Crippen MR) is 111 cm³/mol. The number of ether oxygens (including phenoxy) is 3. The molecule has 2 aliphatic rings. The van der Waals surface area contributed by atoms with E-state index in [4.69, 9.17) is 14.2 Å². The van der Waals surface area contributed by atoms with Crippen LogP contribution in [0.2, 0.25) is 0 Å². The van der Waals surface area contributed by atoms with Crippen LogP contribution in [0, 0.1) is 5.92 Å². The number of rotatable bonds is 5. The molecule has 0 spiro atoms. The van der Waals surface area contributed by atoms with E-state index >= 15 is 0 Å². The number of likely N-dealkylation sites (tertiary alicyclic amines) is 1. The summed E-state index contributed by atoms with van der Waals surface area (Å²) in [5, 5.41) is 2.83. The van der Waals surface area contributed by atoms with Crippen molar-refractivity contribution in [3.63, 3.8) is 0 Å². The van der Waals surface area contributed by atoms with Gasteiger partial charge in [0, 0.05) is 31.1 Å². The molecule has 1 N–H and O–H groups in total. The molecule has 30 heavy (non-hydrogen) atoms. The van der Waals surface area contributed by atoms with Gasteiger partial charge in [-0.1, -0.05) is 0 Å². The van der Waals surface area contributed by atoms with Crippen molar-refractivity contribution < 1.29 is 28.6 Å². The quantitative estimate of drug-likeness (QED) is 0.727. The zero-order chi connectivity index (χ0) is 21.9. The molecular weight excluding hydrogens is 388 g/mol. The van der Waals surface area contributed by atoms with Crippen LogP contribution in [-0.2, 0) is 9.53 Å². The van der Waals surface area contributed by atoms with E-state index in [0.29, 0.717) is 48.2 Å². The van der Waals surface area contributed by atoms with E-state index in [9.17, 15) is 14.4 Å². The molecule has 0 atom stereocenters. The van der Waals surface area contributed by atoms with E-state index in [1.54, 1.807) is 17.0 Å². The summed E-state index contributed by atoms with van der Waals surface area (Å²) in [6, 6.07) is 3.24. The summed E-state index contributed by atoms with van der Waals surface area (Å²) in [5.41, 5.74) is 0.342. The van der Waals surface area contributed by atoms with E-state index in [1.807, 2.05) is 20.8 Å². The number of nitrogens with one attached hydrogen (secondary N) is 1. The number of piperidine rings is 1. The Morgan fingerprint density at radius 2 is 1.77 bits per heavy atom. The number of amides is 2. The first-order valence-corrected chi connectivity index (χ1v) is 10.3. The Labute approximate surface area is 176 Å². The van der Waals surface area contributed by atoms with Gasteiger partial charge in [0.1, 0.15) is 5.60 Å². The van der Waals surface area contributed by atoms with Crippen molar-refractivity contribution in [2.75, 3.05) is 25.2 Å². The van der Waals surface area contributed by atoms with Gasteiger partial charge in [-0.25, -0.2) is 4.79 Å². The normalized spacial score (nSPS) is 16.3. The standard InChI is InChI=1S/C22H30N2O6/c1-14(25)16-11-18-19(29-13-28-18)12-17(16)23-20(26)6-5-15-7-9-24(10-8-15)21(27)30-22(2,3)4/h11-12,15H,5-10,13H2,1-4H3,(H,23,26). The Morgan fingerprint density at radius 1 is 1.13 bits per heavy atom. The molecule has 0 aromatic heterocycles. The molecule has 0 unspecified atom stereocenters. The minimum atomic E-state index is -0.501. The molecule has 0 saturated carbocycles. The van der Waals surface area contributed by atoms with Crippen LogP contribution in [0.5, 0.6) is 11.5 Å².